The van der Waals surface area contributed by atoms with E-state index in [-0.39, 0.29) is 36.2 Å². The smallest absolute Gasteiger partial charge is 0.317 e. The summed E-state index contributed by atoms with van der Waals surface area (Å²) in [6.07, 6.45) is 1.70. The van der Waals surface area contributed by atoms with Gasteiger partial charge in [0.2, 0.25) is 0 Å². The molecular weight excluding hydrogens is 411 g/mol. The summed E-state index contributed by atoms with van der Waals surface area (Å²) >= 11 is 0. The van der Waals surface area contributed by atoms with Crippen LogP contribution in [0.1, 0.15) is 30.0 Å². The summed E-state index contributed by atoms with van der Waals surface area (Å²) in [5.41, 5.74) is 1.61. The van der Waals surface area contributed by atoms with Crippen molar-refractivity contribution >= 4 is 17.0 Å². The highest BCUT2D eigenvalue weighted by atomic mass is 19.1. The Morgan fingerprint density at radius 3 is 2.71 bits per heavy atom. The first-order chi connectivity index (χ1) is 15.0. The maximum atomic E-state index is 13.8. The summed E-state index contributed by atoms with van der Waals surface area (Å²) < 4.78 is 51.3. The largest absolute Gasteiger partial charge is 0.488 e. The normalized spacial score (nSPS) is 19.2. The van der Waals surface area contributed by atoms with Gasteiger partial charge in [-0.25, -0.2) is 18.0 Å². The molecule has 9 heteroatoms. The van der Waals surface area contributed by atoms with Crippen molar-refractivity contribution in [3.8, 4) is 5.75 Å². The molecule has 2 aliphatic rings. The van der Waals surface area contributed by atoms with Crippen LogP contribution < -0.4 is 10.1 Å². The Bertz CT molecular complexity index is 1140. The molecule has 3 aromatic rings. The van der Waals surface area contributed by atoms with Gasteiger partial charge in [-0.05, 0) is 37.5 Å². The molecule has 31 heavy (non-hydrogen) atoms. The van der Waals surface area contributed by atoms with E-state index in [1.54, 1.807) is 11.0 Å². The molecule has 1 N–H and O–H groups in total. The van der Waals surface area contributed by atoms with Crippen LogP contribution in [0.15, 0.2) is 34.9 Å². The average Bonchev–Trinajstić information content (AvgIpc) is 3.16. The van der Waals surface area contributed by atoms with Crippen LogP contribution in [0.25, 0.3) is 11.0 Å². The van der Waals surface area contributed by atoms with E-state index in [0.29, 0.717) is 43.5 Å². The highest BCUT2D eigenvalue weighted by Gasteiger charge is 2.30. The maximum absolute atomic E-state index is 13.8. The topological polar surface area (TPSA) is 67.6 Å². The number of aromatic nitrogens is 1. The number of amides is 2. The van der Waals surface area contributed by atoms with Gasteiger partial charge in [-0.2, -0.15) is 0 Å². The van der Waals surface area contributed by atoms with Crippen LogP contribution in [0.4, 0.5) is 18.0 Å². The van der Waals surface area contributed by atoms with E-state index in [1.165, 1.54) is 18.2 Å². The summed E-state index contributed by atoms with van der Waals surface area (Å²) in [7, 11) is 0. The molecule has 1 unspecified atom stereocenters. The monoisotopic (exact) mass is 431 g/mol. The Hall–Kier alpha value is -3.23. The van der Waals surface area contributed by atoms with Crippen LogP contribution in [0.2, 0.25) is 0 Å². The van der Waals surface area contributed by atoms with E-state index >= 15 is 0 Å². The van der Waals surface area contributed by atoms with Gasteiger partial charge >= 0.3 is 6.03 Å². The van der Waals surface area contributed by atoms with E-state index in [2.05, 4.69) is 10.5 Å². The molecule has 0 aliphatic carbocycles. The lowest BCUT2D eigenvalue weighted by Crippen LogP contribution is -2.50. The summed E-state index contributed by atoms with van der Waals surface area (Å²) in [5.74, 6) is -1.61. The highest BCUT2D eigenvalue weighted by molar-refractivity contribution is 5.80. The molecule has 1 saturated heterocycles. The van der Waals surface area contributed by atoms with Gasteiger partial charge in [0.25, 0.3) is 0 Å². The zero-order chi connectivity index (χ0) is 21.5. The first-order valence-electron chi connectivity index (χ1n) is 10.2. The Morgan fingerprint density at radius 2 is 1.90 bits per heavy atom. The number of nitrogens with one attached hydrogen (secondary N) is 1. The second-order valence-corrected chi connectivity index (χ2v) is 8.01. The number of fused-ring (bicyclic) bond motifs is 2. The van der Waals surface area contributed by atoms with Crippen LogP contribution in [0.3, 0.4) is 0 Å². The quantitative estimate of drug-likeness (QED) is 0.662. The number of benzene rings is 2. The van der Waals surface area contributed by atoms with Crippen molar-refractivity contribution in [3.63, 3.8) is 0 Å². The predicted molar refractivity (Wildman–Crippen MR) is 105 cm³/mol. The molecule has 0 saturated carbocycles. The zero-order valence-electron chi connectivity index (χ0n) is 16.5. The van der Waals surface area contributed by atoms with Crippen molar-refractivity contribution in [1.29, 1.82) is 0 Å². The first-order valence-corrected chi connectivity index (χ1v) is 10.2. The Kier molecular flexibility index (Phi) is 4.95. The average molecular weight is 431 g/mol. The Morgan fingerprint density at radius 1 is 1.10 bits per heavy atom. The van der Waals surface area contributed by atoms with Crippen molar-refractivity contribution in [1.82, 2.24) is 15.4 Å². The van der Waals surface area contributed by atoms with Crippen LogP contribution >= 0.6 is 0 Å². The number of carbonyl (C=O) groups is 1. The summed E-state index contributed by atoms with van der Waals surface area (Å²) in [6, 6.07) is 5.78. The molecule has 1 fully saturated rings. The fourth-order valence-electron chi connectivity index (χ4n) is 4.38. The van der Waals surface area contributed by atoms with Gasteiger partial charge in [0.15, 0.2) is 17.1 Å². The number of likely N-dealkylation sites (tertiary alicyclic amines) is 1. The molecule has 0 bridgehead atoms. The lowest BCUT2D eigenvalue weighted by Gasteiger charge is -2.33. The second kappa shape index (κ2) is 7.79. The van der Waals surface area contributed by atoms with Crippen molar-refractivity contribution in [3.05, 3.63) is 59.0 Å². The van der Waals surface area contributed by atoms with E-state index < -0.39 is 11.6 Å². The molecule has 2 amide bonds. The number of hydrogen-bond acceptors (Lipinski definition) is 4. The Labute approximate surface area is 175 Å². The minimum atomic E-state index is -0.732. The number of piperidine rings is 1. The molecule has 2 aromatic carbocycles. The number of nitrogens with zero attached hydrogens (tertiary/aromatic N) is 2. The first kappa shape index (κ1) is 19.7. The van der Waals surface area contributed by atoms with Crippen molar-refractivity contribution in [2.24, 2.45) is 0 Å². The third-order valence-electron chi connectivity index (χ3n) is 5.94. The molecule has 0 radical (unpaired) electrons. The highest BCUT2D eigenvalue weighted by Crippen LogP contribution is 2.33. The molecule has 5 rings (SSSR count). The van der Waals surface area contributed by atoms with Crippen LogP contribution in [0.5, 0.6) is 5.75 Å². The fourth-order valence-corrected chi connectivity index (χ4v) is 4.38. The van der Waals surface area contributed by atoms with Crippen molar-refractivity contribution in [2.75, 3.05) is 19.7 Å². The van der Waals surface area contributed by atoms with E-state index in [0.717, 1.165) is 17.1 Å². The molecule has 3 heterocycles. The van der Waals surface area contributed by atoms with Gasteiger partial charge in [0, 0.05) is 42.1 Å². The SMILES string of the molecule is O=C(NC1COc2c(F)cc(F)cc2C1)N1CCC(c2noc3cc(F)ccc23)CC1. The summed E-state index contributed by atoms with van der Waals surface area (Å²) in [5, 5.41) is 7.81. The number of rotatable bonds is 2. The van der Waals surface area contributed by atoms with Gasteiger partial charge in [-0.15, -0.1) is 0 Å². The van der Waals surface area contributed by atoms with Gasteiger partial charge in [0.05, 0.1) is 11.7 Å². The van der Waals surface area contributed by atoms with E-state index in [1.807, 2.05) is 0 Å². The minimum Gasteiger partial charge on any atom is -0.488 e. The number of carbonyl (C=O) groups excluding carboxylic acids is 1. The van der Waals surface area contributed by atoms with Gasteiger partial charge in [-0.1, -0.05) is 5.16 Å². The van der Waals surface area contributed by atoms with E-state index in [9.17, 15) is 18.0 Å². The minimum absolute atomic E-state index is 0.0485. The van der Waals surface area contributed by atoms with Gasteiger partial charge in [0.1, 0.15) is 18.2 Å². The van der Waals surface area contributed by atoms with Crippen molar-refractivity contribution in [2.45, 2.75) is 31.2 Å². The third kappa shape index (κ3) is 3.80. The summed E-state index contributed by atoms with van der Waals surface area (Å²) in [6.45, 7) is 1.18. The van der Waals surface area contributed by atoms with Crippen LogP contribution in [-0.4, -0.2) is 41.8 Å². The van der Waals surface area contributed by atoms with Crippen LogP contribution in [-0.2, 0) is 6.42 Å². The van der Waals surface area contributed by atoms with Crippen LogP contribution in [0, 0.1) is 17.5 Å². The molecule has 2 aliphatic heterocycles. The van der Waals surface area contributed by atoms with Gasteiger partial charge in [-0.3, -0.25) is 0 Å². The number of hydrogen-bond donors (Lipinski definition) is 1. The number of ether oxygens (including phenoxy) is 1. The molecule has 1 aromatic heterocycles. The number of urea groups is 1. The lowest BCUT2D eigenvalue weighted by atomic mass is 9.92. The van der Waals surface area contributed by atoms with Gasteiger partial charge < -0.3 is 19.5 Å². The lowest BCUT2D eigenvalue weighted by molar-refractivity contribution is 0.165. The maximum Gasteiger partial charge on any atom is 0.317 e. The predicted octanol–water partition coefficient (Wildman–Crippen LogP) is 4.14. The fraction of sp³-hybridized carbons (Fsp3) is 0.364. The number of halogens is 3. The van der Waals surface area contributed by atoms with E-state index in [4.69, 9.17) is 9.26 Å². The zero-order valence-corrected chi connectivity index (χ0v) is 16.5. The standard InChI is InChI=1S/C22H20F3N3O3/c23-14-1-2-17-19(10-14)31-27-20(17)12-3-5-28(6-4-12)22(29)26-16-8-13-7-15(24)9-18(25)21(13)30-11-16/h1-2,7,9-10,12,16H,3-6,8,11H2,(H,26,29). The molecular formula is C22H20F3N3O3. The molecule has 0 spiro atoms. The summed E-state index contributed by atoms with van der Waals surface area (Å²) in [4.78, 5) is 14.4. The molecule has 1 atom stereocenters. The van der Waals surface area contributed by atoms with Crippen molar-refractivity contribution < 1.29 is 27.2 Å². The Balaban J connectivity index is 1.19. The molecule has 6 nitrogen and oxygen atoms in total. The second-order valence-electron chi connectivity index (χ2n) is 8.01. The molecule has 162 valence electrons. The third-order valence-corrected chi connectivity index (χ3v) is 5.94.